The lowest BCUT2D eigenvalue weighted by Crippen LogP contribution is -2.53. The SMILES string of the molecule is CC1CN(CC(=O)c2ccc(Br)cc2)CC(C)(C)O1. The van der Waals surface area contributed by atoms with E-state index >= 15 is 0 Å². The third-order valence-electron chi connectivity index (χ3n) is 3.17. The lowest BCUT2D eigenvalue weighted by Gasteiger charge is -2.41. The normalized spacial score (nSPS) is 23.3. The van der Waals surface area contributed by atoms with Crippen molar-refractivity contribution in [1.82, 2.24) is 4.90 Å². The Morgan fingerprint density at radius 1 is 1.42 bits per heavy atom. The van der Waals surface area contributed by atoms with Crippen molar-refractivity contribution >= 4 is 21.7 Å². The fraction of sp³-hybridized carbons (Fsp3) is 0.533. The number of ketones is 1. The predicted molar refractivity (Wildman–Crippen MR) is 79.5 cm³/mol. The van der Waals surface area contributed by atoms with Gasteiger partial charge in [0.2, 0.25) is 0 Å². The van der Waals surface area contributed by atoms with E-state index in [1.807, 2.05) is 24.3 Å². The van der Waals surface area contributed by atoms with Crippen LogP contribution >= 0.6 is 15.9 Å². The smallest absolute Gasteiger partial charge is 0.176 e. The van der Waals surface area contributed by atoms with Crippen LogP contribution in [-0.2, 0) is 4.74 Å². The van der Waals surface area contributed by atoms with E-state index in [0.717, 1.165) is 23.1 Å². The number of hydrogen-bond donors (Lipinski definition) is 0. The molecule has 19 heavy (non-hydrogen) atoms. The van der Waals surface area contributed by atoms with E-state index in [1.165, 1.54) is 0 Å². The topological polar surface area (TPSA) is 29.5 Å². The number of nitrogens with zero attached hydrogens (tertiary/aromatic N) is 1. The molecule has 3 nitrogen and oxygen atoms in total. The minimum absolute atomic E-state index is 0.164. The van der Waals surface area contributed by atoms with Gasteiger partial charge in [0.05, 0.1) is 18.2 Å². The van der Waals surface area contributed by atoms with Gasteiger partial charge in [-0.2, -0.15) is 0 Å². The Balaban J connectivity index is 2.00. The number of hydrogen-bond acceptors (Lipinski definition) is 3. The van der Waals surface area contributed by atoms with Gasteiger partial charge in [0.15, 0.2) is 5.78 Å². The van der Waals surface area contributed by atoms with E-state index in [9.17, 15) is 4.79 Å². The van der Waals surface area contributed by atoms with Crippen molar-refractivity contribution < 1.29 is 9.53 Å². The van der Waals surface area contributed by atoms with E-state index < -0.39 is 0 Å². The average molecular weight is 326 g/mol. The Bertz CT molecular complexity index is 456. The first-order chi connectivity index (χ1) is 8.85. The molecule has 0 aromatic heterocycles. The summed E-state index contributed by atoms with van der Waals surface area (Å²) in [4.78, 5) is 14.4. The van der Waals surface area contributed by atoms with Crippen LogP contribution in [0.4, 0.5) is 0 Å². The maximum atomic E-state index is 12.2. The van der Waals surface area contributed by atoms with Crippen molar-refractivity contribution in [3.8, 4) is 0 Å². The van der Waals surface area contributed by atoms with Gasteiger partial charge >= 0.3 is 0 Å². The van der Waals surface area contributed by atoms with Crippen LogP contribution in [0.2, 0.25) is 0 Å². The molecule has 0 aliphatic carbocycles. The van der Waals surface area contributed by atoms with Crippen molar-refractivity contribution in [1.29, 1.82) is 0 Å². The summed E-state index contributed by atoms with van der Waals surface area (Å²) in [5, 5.41) is 0. The van der Waals surface area contributed by atoms with Crippen molar-refractivity contribution in [2.75, 3.05) is 19.6 Å². The van der Waals surface area contributed by atoms with E-state index in [-0.39, 0.29) is 17.5 Å². The van der Waals surface area contributed by atoms with Crippen molar-refractivity contribution in [3.05, 3.63) is 34.3 Å². The van der Waals surface area contributed by atoms with E-state index in [4.69, 9.17) is 4.74 Å². The molecule has 1 atom stereocenters. The first kappa shape index (κ1) is 14.7. The number of carbonyl (C=O) groups is 1. The Labute approximate surface area is 123 Å². The monoisotopic (exact) mass is 325 g/mol. The maximum Gasteiger partial charge on any atom is 0.176 e. The lowest BCUT2D eigenvalue weighted by molar-refractivity contribution is -0.126. The number of morpholine rings is 1. The molecule has 1 fully saturated rings. The molecule has 1 saturated heterocycles. The van der Waals surface area contributed by atoms with Crippen LogP contribution < -0.4 is 0 Å². The summed E-state index contributed by atoms with van der Waals surface area (Å²) < 4.78 is 6.84. The molecular weight excluding hydrogens is 306 g/mol. The van der Waals surface area contributed by atoms with Crippen LogP contribution in [0.3, 0.4) is 0 Å². The lowest BCUT2D eigenvalue weighted by atomic mass is 10.0. The zero-order valence-corrected chi connectivity index (χ0v) is 13.2. The molecule has 0 N–H and O–H groups in total. The Morgan fingerprint density at radius 3 is 2.63 bits per heavy atom. The van der Waals surface area contributed by atoms with Crippen LogP contribution in [0.5, 0.6) is 0 Å². The van der Waals surface area contributed by atoms with Crippen LogP contribution in [0, 0.1) is 0 Å². The van der Waals surface area contributed by atoms with Gasteiger partial charge in [-0.15, -0.1) is 0 Å². The van der Waals surface area contributed by atoms with Crippen LogP contribution in [0.1, 0.15) is 31.1 Å². The highest BCUT2D eigenvalue weighted by atomic mass is 79.9. The van der Waals surface area contributed by atoms with Crippen LogP contribution in [0.15, 0.2) is 28.7 Å². The van der Waals surface area contributed by atoms with E-state index in [2.05, 4.69) is 41.6 Å². The first-order valence-corrected chi connectivity index (χ1v) is 7.34. The van der Waals surface area contributed by atoms with Gasteiger partial charge in [-0.3, -0.25) is 9.69 Å². The summed E-state index contributed by atoms with van der Waals surface area (Å²) in [7, 11) is 0. The number of ether oxygens (including phenoxy) is 1. The van der Waals surface area contributed by atoms with Gasteiger partial charge in [-0.1, -0.05) is 28.1 Å². The summed E-state index contributed by atoms with van der Waals surface area (Å²) in [5.74, 6) is 0.164. The summed E-state index contributed by atoms with van der Waals surface area (Å²) in [6, 6.07) is 7.53. The fourth-order valence-electron chi connectivity index (χ4n) is 2.64. The number of carbonyl (C=O) groups excluding carboxylic acids is 1. The first-order valence-electron chi connectivity index (χ1n) is 6.55. The predicted octanol–water partition coefficient (Wildman–Crippen LogP) is 3.13. The molecule has 104 valence electrons. The molecule has 1 aromatic rings. The summed E-state index contributed by atoms with van der Waals surface area (Å²) in [5.41, 5.74) is 0.581. The largest absolute Gasteiger partial charge is 0.370 e. The molecule has 1 heterocycles. The third kappa shape index (κ3) is 4.13. The van der Waals surface area contributed by atoms with Gasteiger partial charge in [0.1, 0.15) is 0 Å². The highest BCUT2D eigenvalue weighted by Crippen LogP contribution is 2.21. The van der Waals surface area contributed by atoms with Gasteiger partial charge in [0, 0.05) is 23.1 Å². The number of rotatable bonds is 3. The highest BCUT2D eigenvalue weighted by molar-refractivity contribution is 9.10. The second-order valence-corrected chi connectivity index (χ2v) is 6.70. The molecule has 1 aliphatic rings. The van der Waals surface area contributed by atoms with Gasteiger partial charge in [0.25, 0.3) is 0 Å². The minimum atomic E-state index is -0.183. The maximum absolute atomic E-state index is 12.2. The van der Waals surface area contributed by atoms with Crippen LogP contribution in [-0.4, -0.2) is 42.0 Å². The average Bonchev–Trinajstić information content (AvgIpc) is 2.26. The fourth-order valence-corrected chi connectivity index (χ4v) is 2.90. The molecule has 0 amide bonds. The molecule has 1 aliphatic heterocycles. The molecule has 0 spiro atoms. The van der Waals surface area contributed by atoms with Crippen molar-refractivity contribution in [3.63, 3.8) is 0 Å². The summed E-state index contributed by atoms with van der Waals surface area (Å²) >= 11 is 3.38. The van der Waals surface area contributed by atoms with E-state index in [1.54, 1.807) is 0 Å². The van der Waals surface area contributed by atoms with Gasteiger partial charge < -0.3 is 4.74 Å². The van der Waals surface area contributed by atoms with Gasteiger partial charge in [-0.25, -0.2) is 0 Å². The Hall–Kier alpha value is -0.710. The zero-order chi connectivity index (χ0) is 14.0. The summed E-state index contributed by atoms with van der Waals surface area (Å²) in [6.07, 6.45) is 0.168. The van der Waals surface area contributed by atoms with Crippen LogP contribution in [0.25, 0.3) is 0 Å². The molecule has 4 heteroatoms. The van der Waals surface area contributed by atoms with E-state index in [0.29, 0.717) is 6.54 Å². The van der Waals surface area contributed by atoms with Crippen molar-refractivity contribution in [2.24, 2.45) is 0 Å². The Morgan fingerprint density at radius 2 is 2.05 bits per heavy atom. The molecule has 0 radical (unpaired) electrons. The number of benzene rings is 1. The Kier molecular flexibility index (Phi) is 4.43. The second-order valence-electron chi connectivity index (χ2n) is 5.79. The quantitative estimate of drug-likeness (QED) is 0.799. The third-order valence-corrected chi connectivity index (χ3v) is 3.70. The molecule has 2 rings (SSSR count). The van der Waals surface area contributed by atoms with Crippen molar-refractivity contribution in [2.45, 2.75) is 32.5 Å². The highest BCUT2D eigenvalue weighted by Gasteiger charge is 2.32. The minimum Gasteiger partial charge on any atom is -0.370 e. The standard InChI is InChI=1S/C15H20BrNO2/c1-11-8-17(10-15(2,3)19-11)9-14(18)12-4-6-13(16)7-5-12/h4-7,11H,8-10H2,1-3H3. The molecule has 1 unspecified atom stereocenters. The number of halogens is 1. The summed E-state index contributed by atoms with van der Waals surface area (Å²) in [6.45, 7) is 8.25. The number of Topliss-reactive ketones (excluding diaryl/α,β-unsaturated/α-hetero) is 1. The molecule has 1 aromatic carbocycles. The molecular formula is C15H20BrNO2. The zero-order valence-electron chi connectivity index (χ0n) is 11.6. The molecule has 0 bridgehead atoms. The van der Waals surface area contributed by atoms with Gasteiger partial charge in [-0.05, 0) is 32.9 Å². The molecule has 0 saturated carbocycles. The second kappa shape index (κ2) is 5.73.